The van der Waals surface area contributed by atoms with E-state index in [2.05, 4.69) is 5.32 Å². The number of aliphatic hydroxyl groups is 1. The Morgan fingerprint density at radius 1 is 1.36 bits per heavy atom. The molecule has 1 rings (SSSR count). The van der Waals surface area contributed by atoms with Crippen LogP contribution in [0.25, 0.3) is 0 Å². The zero-order chi connectivity index (χ0) is 16.8. The summed E-state index contributed by atoms with van der Waals surface area (Å²) in [4.78, 5) is 12.0. The summed E-state index contributed by atoms with van der Waals surface area (Å²) in [6, 6.07) is 7.21. The Hall–Kier alpha value is -1.59. The third-order valence-electron chi connectivity index (χ3n) is 3.38. The predicted molar refractivity (Wildman–Crippen MR) is 87.7 cm³/mol. The van der Waals surface area contributed by atoms with E-state index in [0.717, 1.165) is 17.7 Å². The minimum absolute atomic E-state index is 0.107. The molecule has 2 unspecified atom stereocenters. The fraction of sp³-hybridized carbons (Fsp3) is 0.588. The van der Waals surface area contributed by atoms with Gasteiger partial charge in [-0.25, -0.2) is 0 Å². The van der Waals surface area contributed by atoms with E-state index in [-0.39, 0.29) is 18.6 Å². The quantitative estimate of drug-likeness (QED) is 0.687. The molecule has 0 saturated heterocycles. The minimum Gasteiger partial charge on any atom is -0.491 e. The summed E-state index contributed by atoms with van der Waals surface area (Å²) in [6.07, 6.45) is 0.779. The zero-order valence-corrected chi connectivity index (χ0v) is 13.9. The molecule has 0 saturated carbocycles. The first-order valence-corrected chi connectivity index (χ1v) is 7.78. The maximum Gasteiger partial charge on any atom is 0.239 e. The highest BCUT2D eigenvalue weighted by Crippen LogP contribution is 2.18. The number of amides is 1. The van der Waals surface area contributed by atoms with E-state index in [4.69, 9.17) is 10.5 Å². The molecule has 1 aromatic carbocycles. The fourth-order valence-corrected chi connectivity index (χ4v) is 2.18. The first-order chi connectivity index (χ1) is 10.3. The highest BCUT2D eigenvalue weighted by atomic mass is 16.5. The monoisotopic (exact) mass is 308 g/mol. The molecule has 2 atom stereocenters. The van der Waals surface area contributed by atoms with Crippen molar-refractivity contribution < 1.29 is 14.6 Å². The molecule has 0 heterocycles. The van der Waals surface area contributed by atoms with Gasteiger partial charge in [-0.3, -0.25) is 4.79 Å². The van der Waals surface area contributed by atoms with E-state index in [9.17, 15) is 9.90 Å². The standard InChI is InChI=1S/C17H28N2O3/c1-5-10-17(4,18)16(21)19-11-15(20)13-6-8-14(9-7-13)22-12(2)3/h6-9,12,15,20H,5,10-11,18H2,1-4H3,(H,19,21). The van der Waals surface area contributed by atoms with E-state index >= 15 is 0 Å². The molecule has 1 aromatic rings. The number of nitrogens with two attached hydrogens (primary N) is 1. The third kappa shape index (κ3) is 5.66. The molecule has 4 N–H and O–H groups in total. The summed E-state index contributed by atoms with van der Waals surface area (Å²) in [7, 11) is 0. The van der Waals surface area contributed by atoms with Crippen LogP contribution in [0.1, 0.15) is 52.2 Å². The lowest BCUT2D eigenvalue weighted by Gasteiger charge is -2.24. The molecule has 0 aliphatic carbocycles. The predicted octanol–water partition coefficient (Wildman–Crippen LogP) is 2.14. The molecular weight excluding hydrogens is 280 g/mol. The van der Waals surface area contributed by atoms with Crippen LogP contribution in [0.4, 0.5) is 0 Å². The van der Waals surface area contributed by atoms with Crippen molar-refractivity contribution in [2.24, 2.45) is 5.73 Å². The first-order valence-electron chi connectivity index (χ1n) is 7.78. The summed E-state index contributed by atoms with van der Waals surface area (Å²) in [5.74, 6) is 0.514. The number of carbonyl (C=O) groups excluding carboxylic acids is 1. The van der Waals surface area contributed by atoms with Gasteiger partial charge in [0.1, 0.15) is 5.75 Å². The van der Waals surface area contributed by atoms with Gasteiger partial charge in [-0.15, -0.1) is 0 Å². The molecule has 124 valence electrons. The van der Waals surface area contributed by atoms with Crippen molar-refractivity contribution in [1.82, 2.24) is 5.32 Å². The van der Waals surface area contributed by atoms with Gasteiger partial charge in [-0.05, 0) is 44.9 Å². The van der Waals surface area contributed by atoms with Gasteiger partial charge in [0.25, 0.3) is 0 Å². The lowest BCUT2D eigenvalue weighted by atomic mass is 9.96. The van der Waals surface area contributed by atoms with Gasteiger partial charge in [0.05, 0.1) is 17.7 Å². The molecular formula is C17H28N2O3. The van der Waals surface area contributed by atoms with Crippen LogP contribution in [-0.4, -0.2) is 29.2 Å². The Bertz CT molecular complexity index is 469. The maximum atomic E-state index is 12.0. The van der Waals surface area contributed by atoms with Crippen molar-refractivity contribution in [3.63, 3.8) is 0 Å². The lowest BCUT2D eigenvalue weighted by Crippen LogP contribution is -2.52. The summed E-state index contributed by atoms with van der Waals surface area (Å²) < 4.78 is 5.55. The average Bonchev–Trinajstić information content (AvgIpc) is 2.44. The van der Waals surface area contributed by atoms with Gasteiger partial charge >= 0.3 is 0 Å². The largest absolute Gasteiger partial charge is 0.491 e. The first kappa shape index (κ1) is 18.5. The average molecular weight is 308 g/mol. The Morgan fingerprint density at radius 3 is 2.45 bits per heavy atom. The van der Waals surface area contributed by atoms with Gasteiger partial charge in [-0.1, -0.05) is 25.5 Å². The van der Waals surface area contributed by atoms with Crippen LogP contribution >= 0.6 is 0 Å². The smallest absolute Gasteiger partial charge is 0.239 e. The summed E-state index contributed by atoms with van der Waals surface area (Å²) >= 11 is 0. The van der Waals surface area contributed by atoms with Gasteiger partial charge in [0.15, 0.2) is 0 Å². The van der Waals surface area contributed by atoms with Crippen molar-refractivity contribution >= 4 is 5.91 Å². The van der Waals surface area contributed by atoms with Crippen LogP contribution in [0.15, 0.2) is 24.3 Å². The highest BCUT2D eigenvalue weighted by molar-refractivity contribution is 5.85. The molecule has 1 amide bonds. The van der Waals surface area contributed by atoms with Gasteiger partial charge in [0.2, 0.25) is 5.91 Å². The minimum atomic E-state index is -0.899. The molecule has 0 spiro atoms. The van der Waals surface area contributed by atoms with Crippen molar-refractivity contribution in [2.75, 3.05) is 6.54 Å². The molecule has 5 heteroatoms. The second kappa shape index (κ2) is 8.15. The van der Waals surface area contributed by atoms with Crippen LogP contribution in [-0.2, 0) is 4.79 Å². The number of aliphatic hydroxyl groups excluding tert-OH is 1. The third-order valence-corrected chi connectivity index (χ3v) is 3.38. The summed E-state index contributed by atoms with van der Waals surface area (Å²) in [6.45, 7) is 7.74. The van der Waals surface area contributed by atoms with Gasteiger partial charge in [0, 0.05) is 6.54 Å². The zero-order valence-electron chi connectivity index (χ0n) is 13.9. The molecule has 0 bridgehead atoms. The molecule has 0 aliphatic rings. The van der Waals surface area contributed by atoms with Crippen molar-refractivity contribution in [3.8, 4) is 5.75 Å². The van der Waals surface area contributed by atoms with Crippen molar-refractivity contribution in [1.29, 1.82) is 0 Å². The van der Waals surface area contributed by atoms with E-state index in [1.165, 1.54) is 0 Å². The lowest BCUT2D eigenvalue weighted by molar-refractivity contribution is -0.126. The molecule has 0 aliphatic heterocycles. The Balaban J connectivity index is 2.55. The Morgan fingerprint density at radius 2 is 1.95 bits per heavy atom. The topological polar surface area (TPSA) is 84.6 Å². The van der Waals surface area contributed by atoms with Crippen molar-refractivity contribution in [3.05, 3.63) is 29.8 Å². The van der Waals surface area contributed by atoms with E-state index < -0.39 is 11.6 Å². The second-order valence-electron chi connectivity index (χ2n) is 6.13. The normalized spacial score (nSPS) is 15.2. The number of benzene rings is 1. The number of nitrogens with one attached hydrogen (secondary N) is 1. The molecule has 0 aromatic heterocycles. The number of hydrogen-bond acceptors (Lipinski definition) is 4. The number of hydrogen-bond donors (Lipinski definition) is 3. The number of ether oxygens (including phenoxy) is 1. The van der Waals surface area contributed by atoms with Crippen LogP contribution < -0.4 is 15.8 Å². The van der Waals surface area contributed by atoms with Gasteiger partial charge in [-0.2, -0.15) is 0 Å². The highest BCUT2D eigenvalue weighted by Gasteiger charge is 2.27. The van der Waals surface area contributed by atoms with Crippen LogP contribution in [0, 0.1) is 0 Å². The molecule has 22 heavy (non-hydrogen) atoms. The van der Waals surface area contributed by atoms with Crippen LogP contribution in [0.5, 0.6) is 5.75 Å². The fourth-order valence-electron chi connectivity index (χ4n) is 2.18. The molecule has 5 nitrogen and oxygen atoms in total. The van der Waals surface area contributed by atoms with E-state index in [0.29, 0.717) is 6.42 Å². The van der Waals surface area contributed by atoms with E-state index in [1.807, 2.05) is 32.9 Å². The number of carbonyl (C=O) groups is 1. The van der Waals surface area contributed by atoms with Crippen molar-refractivity contribution in [2.45, 2.75) is 58.3 Å². The second-order valence-corrected chi connectivity index (χ2v) is 6.13. The SMILES string of the molecule is CCCC(C)(N)C(=O)NCC(O)c1ccc(OC(C)C)cc1. The molecule has 0 radical (unpaired) electrons. The van der Waals surface area contributed by atoms with E-state index in [1.54, 1.807) is 19.1 Å². The van der Waals surface area contributed by atoms with Crippen LogP contribution in [0.3, 0.4) is 0 Å². The van der Waals surface area contributed by atoms with Gasteiger partial charge < -0.3 is 20.9 Å². The summed E-state index contributed by atoms with van der Waals surface area (Å²) in [5, 5.41) is 12.8. The Kier molecular flexibility index (Phi) is 6.84. The Labute approximate surface area is 132 Å². The van der Waals surface area contributed by atoms with Crippen LogP contribution in [0.2, 0.25) is 0 Å². The summed E-state index contributed by atoms with van der Waals surface area (Å²) in [5.41, 5.74) is 5.78. The molecule has 0 fully saturated rings. The maximum absolute atomic E-state index is 12.0. The number of rotatable bonds is 8.